The molecular formula is C9H20N2O4. The molecule has 0 radical (unpaired) electrons. The topological polar surface area (TPSA) is 82.8 Å². The molecule has 6 nitrogen and oxygen atoms in total. The first kappa shape index (κ1) is 14.3. The summed E-state index contributed by atoms with van der Waals surface area (Å²) in [7, 11) is 4.58. The van der Waals surface area contributed by atoms with Crippen LogP contribution >= 0.6 is 0 Å². The van der Waals surface area contributed by atoms with Gasteiger partial charge in [-0.1, -0.05) is 0 Å². The van der Waals surface area contributed by atoms with Gasteiger partial charge in [0.05, 0.1) is 12.7 Å². The molecule has 0 aromatic heterocycles. The zero-order valence-corrected chi connectivity index (χ0v) is 9.49. The summed E-state index contributed by atoms with van der Waals surface area (Å²) in [5, 5.41) is 2.67. The van der Waals surface area contributed by atoms with E-state index in [1.165, 1.54) is 7.11 Å². The highest BCUT2D eigenvalue weighted by Gasteiger charge is 2.16. The van der Waals surface area contributed by atoms with Gasteiger partial charge in [0.15, 0.2) is 0 Å². The molecule has 0 rings (SSSR count). The molecule has 0 spiro atoms. The van der Waals surface area contributed by atoms with Crippen LogP contribution in [0.3, 0.4) is 0 Å². The molecular weight excluding hydrogens is 200 g/mol. The van der Waals surface area contributed by atoms with Gasteiger partial charge in [0, 0.05) is 34.4 Å². The first-order valence-corrected chi connectivity index (χ1v) is 4.71. The van der Waals surface area contributed by atoms with E-state index >= 15 is 0 Å². The normalized spacial score (nSPS) is 14.7. The highest BCUT2D eigenvalue weighted by molar-refractivity contribution is 5.80. The standard InChI is InChI=1S/C9H20N2O4/c1-13-6-7(14-2)5-11-9(12)8(4-10)15-3/h7-8H,4-6,10H2,1-3H3,(H,11,12). The van der Waals surface area contributed by atoms with E-state index in [0.717, 1.165) is 0 Å². The zero-order chi connectivity index (χ0) is 11.7. The quantitative estimate of drug-likeness (QED) is 0.533. The number of hydrogen-bond donors (Lipinski definition) is 2. The van der Waals surface area contributed by atoms with Gasteiger partial charge in [-0.3, -0.25) is 4.79 Å². The van der Waals surface area contributed by atoms with Crippen molar-refractivity contribution in [3.05, 3.63) is 0 Å². The van der Waals surface area contributed by atoms with Crippen molar-refractivity contribution in [2.24, 2.45) is 5.73 Å². The van der Waals surface area contributed by atoms with Gasteiger partial charge in [0.1, 0.15) is 6.10 Å². The first-order valence-electron chi connectivity index (χ1n) is 4.71. The molecule has 0 aromatic carbocycles. The van der Waals surface area contributed by atoms with Crippen LogP contribution < -0.4 is 11.1 Å². The summed E-state index contributed by atoms with van der Waals surface area (Å²) in [6.07, 6.45) is -0.765. The smallest absolute Gasteiger partial charge is 0.250 e. The fraction of sp³-hybridized carbons (Fsp3) is 0.889. The summed E-state index contributed by atoms with van der Waals surface area (Å²) in [5.41, 5.74) is 5.34. The SMILES string of the molecule is COCC(CNC(=O)C(CN)OC)OC. The van der Waals surface area contributed by atoms with Gasteiger partial charge in [-0.25, -0.2) is 0 Å². The highest BCUT2D eigenvalue weighted by atomic mass is 16.5. The van der Waals surface area contributed by atoms with Crippen molar-refractivity contribution in [2.75, 3.05) is 41.0 Å². The van der Waals surface area contributed by atoms with Crippen molar-refractivity contribution in [2.45, 2.75) is 12.2 Å². The largest absolute Gasteiger partial charge is 0.382 e. The van der Waals surface area contributed by atoms with Gasteiger partial charge in [0.25, 0.3) is 5.91 Å². The lowest BCUT2D eigenvalue weighted by molar-refractivity contribution is -0.131. The lowest BCUT2D eigenvalue weighted by atomic mass is 10.3. The average molecular weight is 220 g/mol. The zero-order valence-electron chi connectivity index (χ0n) is 9.49. The second-order valence-corrected chi connectivity index (χ2v) is 3.02. The number of nitrogens with one attached hydrogen (secondary N) is 1. The molecule has 0 aliphatic carbocycles. The first-order chi connectivity index (χ1) is 7.19. The van der Waals surface area contributed by atoms with Gasteiger partial charge in [-0.15, -0.1) is 0 Å². The summed E-state index contributed by atoms with van der Waals surface area (Å²) in [6, 6.07) is 0. The van der Waals surface area contributed by atoms with Gasteiger partial charge in [-0.05, 0) is 0 Å². The molecule has 0 aliphatic heterocycles. The molecule has 3 N–H and O–H groups in total. The molecule has 0 saturated carbocycles. The Hall–Kier alpha value is -0.690. The Balaban J connectivity index is 3.85. The van der Waals surface area contributed by atoms with Crippen LogP contribution in [-0.4, -0.2) is 59.1 Å². The summed E-state index contributed by atoms with van der Waals surface area (Å²) in [4.78, 5) is 11.4. The van der Waals surface area contributed by atoms with Crippen molar-refractivity contribution in [1.82, 2.24) is 5.32 Å². The maximum atomic E-state index is 11.4. The summed E-state index contributed by atoms with van der Waals surface area (Å²) in [6.45, 7) is 0.963. The number of carbonyl (C=O) groups excluding carboxylic acids is 1. The van der Waals surface area contributed by atoms with Crippen molar-refractivity contribution in [1.29, 1.82) is 0 Å². The Labute approximate surface area is 90.1 Å². The number of hydrogen-bond acceptors (Lipinski definition) is 5. The van der Waals surface area contributed by atoms with Crippen molar-refractivity contribution in [3.8, 4) is 0 Å². The molecule has 1 amide bonds. The third kappa shape index (κ3) is 5.68. The predicted octanol–water partition coefficient (Wildman–Crippen LogP) is -1.26. The predicted molar refractivity (Wildman–Crippen MR) is 55.5 cm³/mol. The number of nitrogens with two attached hydrogens (primary N) is 1. The number of methoxy groups -OCH3 is 3. The van der Waals surface area contributed by atoms with Crippen molar-refractivity contribution >= 4 is 5.91 Å². The molecule has 6 heteroatoms. The van der Waals surface area contributed by atoms with E-state index in [0.29, 0.717) is 13.2 Å². The summed E-state index contributed by atoms with van der Waals surface area (Å²) >= 11 is 0. The molecule has 0 bridgehead atoms. The van der Waals surface area contributed by atoms with Gasteiger partial charge in [-0.2, -0.15) is 0 Å². The van der Waals surface area contributed by atoms with Gasteiger partial charge in [0.2, 0.25) is 0 Å². The third-order valence-electron chi connectivity index (χ3n) is 1.98. The molecule has 0 saturated heterocycles. The van der Waals surface area contributed by atoms with Crippen molar-refractivity contribution < 1.29 is 19.0 Å². The minimum Gasteiger partial charge on any atom is -0.382 e. The number of carbonyl (C=O) groups is 1. The van der Waals surface area contributed by atoms with Gasteiger partial charge >= 0.3 is 0 Å². The molecule has 2 unspecified atom stereocenters. The fourth-order valence-electron chi connectivity index (χ4n) is 1.03. The molecule has 0 fully saturated rings. The Morgan fingerprint density at radius 3 is 2.40 bits per heavy atom. The van der Waals surface area contributed by atoms with E-state index in [-0.39, 0.29) is 18.6 Å². The fourth-order valence-corrected chi connectivity index (χ4v) is 1.03. The third-order valence-corrected chi connectivity index (χ3v) is 1.98. The van der Waals surface area contributed by atoms with E-state index in [1.54, 1.807) is 14.2 Å². The van der Waals surface area contributed by atoms with Crippen LogP contribution in [0.1, 0.15) is 0 Å². The highest BCUT2D eigenvalue weighted by Crippen LogP contribution is 1.91. The maximum Gasteiger partial charge on any atom is 0.250 e. The minimum absolute atomic E-state index is 0.157. The Morgan fingerprint density at radius 2 is 2.00 bits per heavy atom. The van der Waals surface area contributed by atoms with Crippen LogP contribution in [0, 0.1) is 0 Å². The number of ether oxygens (including phenoxy) is 3. The molecule has 0 heterocycles. The lowest BCUT2D eigenvalue weighted by Crippen LogP contribution is -2.44. The van der Waals surface area contributed by atoms with E-state index in [2.05, 4.69) is 5.32 Å². The average Bonchev–Trinajstić information content (AvgIpc) is 2.25. The van der Waals surface area contributed by atoms with E-state index in [4.69, 9.17) is 19.9 Å². The van der Waals surface area contributed by atoms with E-state index in [9.17, 15) is 4.79 Å². The number of amides is 1. The van der Waals surface area contributed by atoms with Gasteiger partial charge < -0.3 is 25.3 Å². The molecule has 0 aliphatic rings. The van der Waals surface area contributed by atoms with Crippen LogP contribution in [0.15, 0.2) is 0 Å². The van der Waals surface area contributed by atoms with Crippen LogP contribution in [-0.2, 0) is 19.0 Å². The maximum absolute atomic E-state index is 11.4. The van der Waals surface area contributed by atoms with E-state index < -0.39 is 6.10 Å². The van der Waals surface area contributed by atoms with Crippen LogP contribution in [0.25, 0.3) is 0 Å². The molecule has 2 atom stereocenters. The van der Waals surface area contributed by atoms with Crippen molar-refractivity contribution in [3.63, 3.8) is 0 Å². The summed E-state index contributed by atoms with van der Waals surface area (Å²) < 4.78 is 14.9. The van der Waals surface area contributed by atoms with Crippen LogP contribution in [0.4, 0.5) is 0 Å². The Bertz CT molecular complexity index is 173. The lowest BCUT2D eigenvalue weighted by Gasteiger charge is -2.17. The molecule has 90 valence electrons. The Morgan fingerprint density at radius 1 is 1.33 bits per heavy atom. The monoisotopic (exact) mass is 220 g/mol. The molecule has 0 aromatic rings. The van der Waals surface area contributed by atoms with Crippen LogP contribution in [0.5, 0.6) is 0 Å². The second-order valence-electron chi connectivity index (χ2n) is 3.02. The molecule has 15 heavy (non-hydrogen) atoms. The number of rotatable bonds is 8. The Kier molecular flexibility index (Phi) is 8.21. The second kappa shape index (κ2) is 8.60. The minimum atomic E-state index is -0.606. The van der Waals surface area contributed by atoms with E-state index in [1.807, 2.05) is 0 Å². The van der Waals surface area contributed by atoms with Crippen LogP contribution in [0.2, 0.25) is 0 Å². The summed E-state index contributed by atoms with van der Waals surface area (Å²) in [5.74, 6) is -0.238.